The van der Waals surface area contributed by atoms with Gasteiger partial charge in [-0.15, -0.1) is 0 Å². The number of rotatable bonds is 14. The summed E-state index contributed by atoms with van der Waals surface area (Å²) in [5.74, 6) is 0. The smallest absolute Gasteiger partial charge is 0.129 e. The zero-order valence-corrected chi connectivity index (χ0v) is 28.3. The van der Waals surface area contributed by atoms with Crippen LogP contribution >= 0.6 is 0 Å². The minimum absolute atomic E-state index is 0.300. The summed E-state index contributed by atoms with van der Waals surface area (Å²) in [6.45, 7) is 4.02. The summed E-state index contributed by atoms with van der Waals surface area (Å²) >= 11 is 0. The van der Waals surface area contributed by atoms with Gasteiger partial charge in [0, 0.05) is 5.39 Å². The lowest BCUT2D eigenvalue weighted by atomic mass is 9.91. The van der Waals surface area contributed by atoms with Gasteiger partial charge < -0.3 is 23.7 Å². The second-order valence-electron chi connectivity index (χ2n) is 12.8. The molecule has 0 N–H and O–H groups in total. The van der Waals surface area contributed by atoms with Crippen LogP contribution in [-0.4, -0.2) is 36.0 Å². The summed E-state index contributed by atoms with van der Waals surface area (Å²) in [6, 6.07) is 51.1. The van der Waals surface area contributed by atoms with Gasteiger partial charge in [-0.1, -0.05) is 140 Å². The Morgan fingerprint density at radius 3 is 1.54 bits per heavy atom. The van der Waals surface area contributed by atoms with Crippen LogP contribution in [0.3, 0.4) is 0 Å². The lowest BCUT2D eigenvalue weighted by molar-refractivity contribution is -0.275. The lowest BCUT2D eigenvalue weighted by Gasteiger charge is -2.46. The Hall–Kier alpha value is -4.69. The third-order valence-corrected chi connectivity index (χ3v) is 9.12. The molecule has 1 saturated heterocycles. The van der Waals surface area contributed by atoms with Gasteiger partial charge in [0.05, 0.1) is 44.2 Å². The molecule has 1 aliphatic rings. The van der Waals surface area contributed by atoms with Gasteiger partial charge in [-0.3, -0.25) is 0 Å². The van der Waals surface area contributed by atoms with Crippen LogP contribution in [0.2, 0.25) is 0 Å². The second kappa shape index (κ2) is 16.8. The van der Waals surface area contributed by atoms with Crippen LogP contribution in [0.4, 0.5) is 0 Å². The first-order valence-electron chi connectivity index (χ1n) is 17.3. The zero-order chi connectivity index (χ0) is 34.0. The molecule has 254 valence electrons. The quantitative estimate of drug-likeness (QED) is 0.116. The molecule has 0 amide bonds. The van der Waals surface area contributed by atoms with Gasteiger partial charge in [-0.25, -0.2) is 4.98 Å². The third kappa shape index (κ3) is 8.53. The molecule has 1 fully saturated rings. The van der Waals surface area contributed by atoms with Crippen molar-refractivity contribution < 1.29 is 23.7 Å². The van der Waals surface area contributed by atoms with E-state index in [0.717, 1.165) is 44.4 Å². The fourth-order valence-electron chi connectivity index (χ4n) is 6.55. The summed E-state index contributed by atoms with van der Waals surface area (Å²) in [5.41, 5.74) is 7.11. The first-order valence-corrected chi connectivity index (χ1v) is 17.3. The van der Waals surface area contributed by atoms with E-state index in [1.807, 2.05) is 91.0 Å². The van der Waals surface area contributed by atoms with Gasteiger partial charge in [0.15, 0.2) is 0 Å². The standard InChI is InChI=1S/C44H43NO5/c1-32-26-39(45-38-25-15-14-24-37(32)38)41-43(48-29-35-20-10-4-11-21-35)44(49-30-36-22-12-5-13-23-36)42(47-28-34-18-8-3-9-19-34)40(50-41)31-46-27-33-16-6-2-7-17-33/h2-26,40-44H,27-31H2,1H3/t40-,41-,42-,43+,44+/m1/s1. The Labute approximate surface area is 294 Å². The highest BCUT2D eigenvalue weighted by Crippen LogP contribution is 2.39. The van der Waals surface area contributed by atoms with Crippen LogP contribution in [0.15, 0.2) is 152 Å². The maximum absolute atomic E-state index is 7.08. The average molecular weight is 666 g/mol. The van der Waals surface area contributed by atoms with Crippen molar-refractivity contribution in [2.75, 3.05) is 6.61 Å². The molecule has 0 radical (unpaired) electrons. The predicted octanol–water partition coefficient (Wildman–Crippen LogP) is 8.96. The van der Waals surface area contributed by atoms with Gasteiger partial charge in [0.25, 0.3) is 0 Å². The monoisotopic (exact) mass is 665 g/mol. The van der Waals surface area contributed by atoms with Gasteiger partial charge in [-0.2, -0.15) is 0 Å². The average Bonchev–Trinajstić information content (AvgIpc) is 3.17. The lowest BCUT2D eigenvalue weighted by Crippen LogP contribution is -2.58. The summed E-state index contributed by atoms with van der Waals surface area (Å²) in [7, 11) is 0. The molecule has 0 bridgehead atoms. The van der Waals surface area contributed by atoms with E-state index in [1.54, 1.807) is 0 Å². The van der Waals surface area contributed by atoms with Crippen LogP contribution in [-0.2, 0) is 50.1 Å². The first kappa shape index (κ1) is 33.8. The number of ether oxygens (including phenoxy) is 5. The van der Waals surface area contributed by atoms with E-state index in [2.05, 4.69) is 67.6 Å². The van der Waals surface area contributed by atoms with E-state index in [1.165, 1.54) is 0 Å². The van der Waals surface area contributed by atoms with Gasteiger partial charge in [0.1, 0.15) is 30.5 Å². The van der Waals surface area contributed by atoms with E-state index >= 15 is 0 Å². The highest BCUT2D eigenvalue weighted by molar-refractivity contribution is 5.82. The molecule has 0 unspecified atom stereocenters. The van der Waals surface area contributed by atoms with Crippen molar-refractivity contribution in [3.05, 3.63) is 185 Å². The molecule has 6 aromatic rings. The van der Waals surface area contributed by atoms with Gasteiger partial charge >= 0.3 is 0 Å². The number of hydrogen-bond acceptors (Lipinski definition) is 6. The van der Waals surface area contributed by atoms with Crippen LogP contribution in [0, 0.1) is 6.92 Å². The summed E-state index contributed by atoms with van der Waals surface area (Å²) in [5, 5.41) is 1.11. The van der Waals surface area contributed by atoms with Crippen molar-refractivity contribution in [2.24, 2.45) is 0 Å². The minimum Gasteiger partial charge on any atom is -0.374 e. The topological polar surface area (TPSA) is 59.0 Å². The highest BCUT2D eigenvalue weighted by atomic mass is 16.6. The molecule has 0 spiro atoms. The molecule has 1 aliphatic heterocycles. The Morgan fingerprint density at radius 1 is 0.520 bits per heavy atom. The molecule has 1 aromatic heterocycles. The van der Waals surface area contributed by atoms with E-state index in [-0.39, 0.29) is 0 Å². The van der Waals surface area contributed by atoms with Crippen molar-refractivity contribution in [3.63, 3.8) is 0 Å². The Bertz CT molecular complexity index is 1910. The molecule has 50 heavy (non-hydrogen) atoms. The van der Waals surface area contributed by atoms with Gasteiger partial charge in [0.2, 0.25) is 0 Å². The van der Waals surface area contributed by atoms with Crippen LogP contribution < -0.4 is 0 Å². The van der Waals surface area contributed by atoms with Crippen molar-refractivity contribution in [1.29, 1.82) is 0 Å². The summed E-state index contributed by atoms with van der Waals surface area (Å²) in [6.07, 6.45) is -2.59. The summed E-state index contributed by atoms with van der Waals surface area (Å²) < 4.78 is 34.1. The Morgan fingerprint density at radius 2 is 0.980 bits per heavy atom. The normalized spacial score (nSPS) is 20.5. The third-order valence-electron chi connectivity index (χ3n) is 9.12. The van der Waals surface area contributed by atoms with Crippen LogP contribution in [0.25, 0.3) is 10.9 Å². The number of nitrogens with zero attached hydrogens (tertiary/aromatic N) is 1. The fraction of sp³-hybridized carbons (Fsp3) is 0.250. The largest absolute Gasteiger partial charge is 0.374 e. The van der Waals surface area contributed by atoms with Crippen molar-refractivity contribution in [3.8, 4) is 0 Å². The second-order valence-corrected chi connectivity index (χ2v) is 12.8. The first-order chi connectivity index (χ1) is 24.7. The molecule has 6 heteroatoms. The molecular weight excluding hydrogens is 622 g/mol. The highest BCUT2D eigenvalue weighted by Gasteiger charge is 2.49. The molecule has 5 atom stereocenters. The Kier molecular flexibility index (Phi) is 11.4. The maximum Gasteiger partial charge on any atom is 0.129 e. The number of para-hydroxylation sites is 1. The van der Waals surface area contributed by atoms with Crippen molar-refractivity contribution in [1.82, 2.24) is 4.98 Å². The van der Waals surface area contributed by atoms with Crippen molar-refractivity contribution >= 4 is 10.9 Å². The van der Waals surface area contributed by atoms with Crippen LogP contribution in [0.1, 0.15) is 39.6 Å². The maximum atomic E-state index is 7.08. The number of aromatic nitrogens is 1. The van der Waals surface area contributed by atoms with Crippen molar-refractivity contribution in [2.45, 2.75) is 63.9 Å². The fourth-order valence-corrected chi connectivity index (χ4v) is 6.55. The number of hydrogen-bond donors (Lipinski definition) is 0. The SMILES string of the molecule is Cc1cc([C@H]2O[C@H](COCc3ccccc3)[C@@H](OCc3ccccc3)[C@H](OCc3ccccc3)[C@H]2OCc2ccccc2)nc2ccccc12. The number of benzene rings is 5. The van der Waals surface area contributed by atoms with E-state index in [0.29, 0.717) is 33.0 Å². The van der Waals surface area contributed by atoms with E-state index in [9.17, 15) is 0 Å². The van der Waals surface area contributed by atoms with Gasteiger partial charge in [-0.05, 0) is 46.9 Å². The molecular formula is C44H43NO5. The molecule has 0 saturated carbocycles. The molecule has 2 heterocycles. The zero-order valence-electron chi connectivity index (χ0n) is 28.3. The van der Waals surface area contributed by atoms with E-state index in [4.69, 9.17) is 28.7 Å². The Balaban J connectivity index is 1.27. The molecule has 7 rings (SSSR count). The predicted molar refractivity (Wildman–Crippen MR) is 195 cm³/mol. The molecule has 5 aromatic carbocycles. The number of pyridine rings is 1. The summed E-state index contributed by atoms with van der Waals surface area (Å²) in [4.78, 5) is 5.16. The number of fused-ring (bicyclic) bond motifs is 1. The molecule has 0 aliphatic carbocycles. The van der Waals surface area contributed by atoms with Crippen LogP contribution in [0.5, 0.6) is 0 Å². The number of aryl methyl sites for hydroxylation is 1. The van der Waals surface area contributed by atoms with E-state index < -0.39 is 30.5 Å². The molecule has 6 nitrogen and oxygen atoms in total. The minimum atomic E-state index is -0.551.